The first-order chi connectivity index (χ1) is 14.2. The minimum Gasteiger partial charge on any atom is -0.489 e. The van der Waals surface area contributed by atoms with Gasteiger partial charge in [0.15, 0.2) is 0 Å². The summed E-state index contributed by atoms with van der Waals surface area (Å²) in [5.41, 5.74) is 6.41. The SMILES string of the molecule is O=C(O)C1=CC(c2ccc(OCc3ccccc3)cc2)N(Cc2ccccc2)N1. The number of nitrogens with zero attached hydrogens (tertiary/aromatic N) is 1. The maximum Gasteiger partial charge on any atom is 0.353 e. The van der Waals surface area contributed by atoms with Gasteiger partial charge in [-0.05, 0) is 34.9 Å². The highest BCUT2D eigenvalue weighted by Crippen LogP contribution is 2.30. The molecule has 3 aromatic rings. The molecule has 0 saturated carbocycles. The smallest absolute Gasteiger partial charge is 0.353 e. The average Bonchev–Trinajstić information content (AvgIpc) is 3.18. The Balaban J connectivity index is 1.48. The van der Waals surface area contributed by atoms with Crippen molar-refractivity contribution < 1.29 is 14.6 Å². The number of ether oxygens (including phenoxy) is 1. The predicted molar refractivity (Wildman–Crippen MR) is 111 cm³/mol. The van der Waals surface area contributed by atoms with Crippen LogP contribution in [0.25, 0.3) is 0 Å². The van der Waals surface area contributed by atoms with Crippen LogP contribution < -0.4 is 10.2 Å². The number of hydrogen-bond donors (Lipinski definition) is 2. The van der Waals surface area contributed by atoms with Crippen LogP contribution in [-0.2, 0) is 17.9 Å². The molecule has 1 heterocycles. The molecule has 0 fully saturated rings. The first kappa shape index (κ1) is 18.8. The normalized spacial score (nSPS) is 16.1. The number of rotatable bonds is 7. The molecule has 29 heavy (non-hydrogen) atoms. The summed E-state index contributed by atoms with van der Waals surface area (Å²) in [6.45, 7) is 1.10. The summed E-state index contributed by atoms with van der Waals surface area (Å²) in [6.07, 6.45) is 1.74. The van der Waals surface area contributed by atoms with E-state index in [0.29, 0.717) is 13.2 Å². The lowest BCUT2D eigenvalue weighted by Gasteiger charge is -2.25. The van der Waals surface area contributed by atoms with Crippen molar-refractivity contribution in [1.82, 2.24) is 10.4 Å². The van der Waals surface area contributed by atoms with E-state index in [2.05, 4.69) is 5.43 Å². The summed E-state index contributed by atoms with van der Waals surface area (Å²) in [5.74, 6) is -0.186. The molecular weight excluding hydrogens is 364 g/mol. The van der Waals surface area contributed by atoms with Gasteiger partial charge in [-0.3, -0.25) is 0 Å². The van der Waals surface area contributed by atoms with Crippen molar-refractivity contribution in [2.75, 3.05) is 0 Å². The van der Waals surface area contributed by atoms with Gasteiger partial charge in [0.1, 0.15) is 18.1 Å². The van der Waals surface area contributed by atoms with Crippen LogP contribution in [0.1, 0.15) is 22.7 Å². The van der Waals surface area contributed by atoms with Gasteiger partial charge >= 0.3 is 5.97 Å². The second-order valence-corrected chi connectivity index (χ2v) is 6.90. The van der Waals surface area contributed by atoms with Crippen LogP contribution in [0.3, 0.4) is 0 Å². The van der Waals surface area contributed by atoms with Crippen LogP contribution >= 0.6 is 0 Å². The van der Waals surface area contributed by atoms with E-state index < -0.39 is 5.97 Å². The molecule has 1 aliphatic heterocycles. The number of carboxylic acids is 1. The lowest BCUT2D eigenvalue weighted by atomic mass is 10.1. The van der Waals surface area contributed by atoms with E-state index in [9.17, 15) is 9.90 Å². The van der Waals surface area contributed by atoms with E-state index in [4.69, 9.17) is 4.74 Å². The lowest BCUT2D eigenvalue weighted by Crippen LogP contribution is -2.35. The maximum atomic E-state index is 11.5. The van der Waals surface area contributed by atoms with Crippen LogP contribution in [0.15, 0.2) is 96.7 Å². The zero-order valence-corrected chi connectivity index (χ0v) is 15.9. The highest BCUT2D eigenvalue weighted by atomic mass is 16.5. The van der Waals surface area contributed by atoms with E-state index in [0.717, 1.165) is 22.4 Å². The number of hydrazine groups is 1. The largest absolute Gasteiger partial charge is 0.489 e. The van der Waals surface area contributed by atoms with Gasteiger partial charge in [0.05, 0.1) is 6.04 Å². The van der Waals surface area contributed by atoms with Gasteiger partial charge < -0.3 is 15.3 Å². The minimum absolute atomic E-state index is 0.176. The molecule has 3 aromatic carbocycles. The monoisotopic (exact) mass is 386 g/mol. The standard InChI is InChI=1S/C24H22N2O3/c27-24(28)22-15-23(26(25-22)16-18-7-3-1-4-8-18)20-11-13-21(14-12-20)29-17-19-9-5-2-6-10-19/h1-15,23,25H,16-17H2,(H,27,28). The Morgan fingerprint density at radius 1 is 0.897 bits per heavy atom. The molecule has 1 aliphatic rings. The molecule has 0 radical (unpaired) electrons. The zero-order valence-electron chi connectivity index (χ0n) is 15.9. The Bertz CT molecular complexity index is 986. The van der Waals surface area contributed by atoms with Crippen LogP contribution in [0.4, 0.5) is 0 Å². The first-order valence-electron chi connectivity index (χ1n) is 9.48. The highest BCUT2D eigenvalue weighted by Gasteiger charge is 2.29. The van der Waals surface area contributed by atoms with Crippen LogP contribution in [0.2, 0.25) is 0 Å². The van der Waals surface area contributed by atoms with Gasteiger partial charge in [-0.15, -0.1) is 0 Å². The predicted octanol–water partition coefficient (Wildman–Crippen LogP) is 4.30. The van der Waals surface area contributed by atoms with Crippen molar-refractivity contribution in [2.45, 2.75) is 19.2 Å². The molecule has 5 heteroatoms. The molecule has 4 rings (SSSR count). The summed E-state index contributed by atoms with van der Waals surface area (Å²) in [4.78, 5) is 11.5. The summed E-state index contributed by atoms with van der Waals surface area (Å²) in [5, 5.41) is 11.3. The summed E-state index contributed by atoms with van der Waals surface area (Å²) in [6, 6.07) is 27.6. The van der Waals surface area contributed by atoms with E-state index >= 15 is 0 Å². The third kappa shape index (κ3) is 4.65. The fourth-order valence-electron chi connectivity index (χ4n) is 3.32. The van der Waals surface area contributed by atoms with Gasteiger partial charge in [-0.2, -0.15) is 0 Å². The molecule has 1 atom stereocenters. The number of benzene rings is 3. The number of aliphatic carboxylic acids is 1. The number of carbonyl (C=O) groups is 1. The lowest BCUT2D eigenvalue weighted by molar-refractivity contribution is -0.133. The highest BCUT2D eigenvalue weighted by molar-refractivity contribution is 5.86. The first-order valence-corrected chi connectivity index (χ1v) is 9.48. The number of carboxylic acid groups (broad SMARTS) is 1. The summed E-state index contributed by atoms with van der Waals surface area (Å²) >= 11 is 0. The molecule has 0 bridgehead atoms. The number of nitrogens with one attached hydrogen (secondary N) is 1. The number of hydrogen-bond acceptors (Lipinski definition) is 4. The topological polar surface area (TPSA) is 61.8 Å². The van der Waals surface area contributed by atoms with Gasteiger partial charge in [-0.25, -0.2) is 9.80 Å². The maximum absolute atomic E-state index is 11.5. The minimum atomic E-state index is -0.964. The molecule has 5 nitrogen and oxygen atoms in total. The zero-order chi connectivity index (χ0) is 20.1. The van der Waals surface area contributed by atoms with Gasteiger partial charge in [0.2, 0.25) is 0 Å². The van der Waals surface area contributed by atoms with Crippen molar-refractivity contribution in [3.05, 3.63) is 113 Å². The summed E-state index contributed by atoms with van der Waals surface area (Å²) in [7, 11) is 0. The van der Waals surface area contributed by atoms with Crippen LogP contribution in [0.5, 0.6) is 5.75 Å². The summed E-state index contributed by atoms with van der Waals surface area (Å²) < 4.78 is 5.85. The van der Waals surface area contributed by atoms with Crippen molar-refractivity contribution in [1.29, 1.82) is 0 Å². The second-order valence-electron chi connectivity index (χ2n) is 6.90. The van der Waals surface area contributed by atoms with E-state index in [-0.39, 0.29) is 11.7 Å². The second kappa shape index (κ2) is 8.63. The van der Waals surface area contributed by atoms with Gasteiger partial charge in [-0.1, -0.05) is 72.8 Å². The fourth-order valence-corrected chi connectivity index (χ4v) is 3.32. The molecule has 0 amide bonds. The van der Waals surface area contributed by atoms with Crippen molar-refractivity contribution in [3.63, 3.8) is 0 Å². The van der Waals surface area contributed by atoms with E-state index in [1.54, 1.807) is 6.08 Å². The molecule has 0 spiro atoms. The molecule has 1 unspecified atom stereocenters. The van der Waals surface area contributed by atoms with E-state index in [1.807, 2.05) is 89.9 Å². The fraction of sp³-hybridized carbons (Fsp3) is 0.125. The molecule has 0 saturated heterocycles. The van der Waals surface area contributed by atoms with Crippen molar-refractivity contribution >= 4 is 5.97 Å². The molecular formula is C24H22N2O3. The average molecular weight is 386 g/mol. The third-order valence-electron chi connectivity index (χ3n) is 4.82. The van der Waals surface area contributed by atoms with E-state index in [1.165, 1.54) is 0 Å². The molecule has 2 N–H and O–H groups in total. The Kier molecular flexibility index (Phi) is 5.59. The third-order valence-corrected chi connectivity index (χ3v) is 4.82. The van der Waals surface area contributed by atoms with Crippen LogP contribution in [-0.4, -0.2) is 16.1 Å². The van der Waals surface area contributed by atoms with Gasteiger partial charge in [0, 0.05) is 6.54 Å². The Morgan fingerprint density at radius 3 is 2.14 bits per heavy atom. The Labute approximate surface area is 169 Å². The van der Waals surface area contributed by atoms with Crippen molar-refractivity contribution in [3.8, 4) is 5.75 Å². The van der Waals surface area contributed by atoms with Crippen LogP contribution in [0, 0.1) is 0 Å². The van der Waals surface area contributed by atoms with Crippen molar-refractivity contribution in [2.24, 2.45) is 0 Å². The molecule has 0 aliphatic carbocycles. The van der Waals surface area contributed by atoms with Gasteiger partial charge in [0.25, 0.3) is 0 Å². The molecule has 146 valence electrons. The molecule has 0 aromatic heterocycles. The Hall–Kier alpha value is -3.57. The quantitative estimate of drug-likeness (QED) is 0.634. The Morgan fingerprint density at radius 2 is 1.52 bits per heavy atom.